The molecular weight excluding hydrogens is 214 g/mol. The van der Waals surface area contributed by atoms with Crippen molar-refractivity contribution in [2.45, 2.75) is 59.1 Å². The monoisotopic (exact) mass is 239 g/mol. The van der Waals surface area contributed by atoms with E-state index >= 15 is 0 Å². The van der Waals surface area contributed by atoms with Crippen molar-refractivity contribution < 1.29 is 9.52 Å². The van der Waals surface area contributed by atoms with Gasteiger partial charge in [0.15, 0.2) is 0 Å². The van der Waals surface area contributed by atoms with Crippen molar-refractivity contribution in [2.24, 2.45) is 0 Å². The second kappa shape index (κ2) is 5.69. The van der Waals surface area contributed by atoms with Crippen LogP contribution in [0.15, 0.2) is 10.5 Å². The van der Waals surface area contributed by atoms with Gasteiger partial charge in [0.05, 0.1) is 5.60 Å². The zero-order chi connectivity index (χ0) is 13.1. The number of nitrogens with one attached hydrogen (secondary N) is 1. The fraction of sp³-hybridized carbons (Fsp3) is 0.714. The molecule has 0 fully saturated rings. The second-order valence-electron chi connectivity index (χ2n) is 5.22. The molecule has 2 unspecified atom stereocenters. The highest BCUT2D eigenvalue weighted by Gasteiger charge is 2.21. The molecule has 3 nitrogen and oxygen atoms in total. The van der Waals surface area contributed by atoms with Gasteiger partial charge in [-0.25, -0.2) is 0 Å². The molecule has 0 aliphatic heterocycles. The molecule has 2 atom stereocenters. The summed E-state index contributed by atoms with van der Waals surface area (Å²) in [5.41, 5.74) is 0.546. The van der Waals surface area contributed by atoms with Crippen molar-refractivity contribution in [1.29, 1.82) is 0 Å². The van der Waals surface area contributed by atoms with Gasteiger partial charge in [-0.1, -0.05) is 13.3 Å². The second-order valence-corrected chi connectivity index (χ2v) is 5.22. The smallest absolute Gasteiger partial charge is 0.105 e. The van der Waals surface area contributed by atoms with Gasteiger partial charge < -0.3 is 14.8 Å². The topological polar surface area (TPSA) is 45.4 Å². The van der Waals surface area contributed by atoms with Crippen LogP contribution in [0.3, 0.4) is 0 Å². The molecule has 1 rings (SSSR count). The maximum Gasteiger partial charge on any atom is 0.105 e. The molecule has 0 bridgehead atoms. The number of aryl methyl sites for hydroxylation is 2. The van der Waals surface area contributed by atoms with E-state index in [2.05, 4.69) is 25.2 Å². The highest BCUT2D eigenvalue weighted by Crippen LogP contribution is 2.22. The van der Waals surface area contributed by atoms with Gasteiger partial charge >= 0.3 is 0 Å². The zero-order valence-electron chi connectivity index (χ0n) is 11.6. The minimum Gasteiger partial charge on any atom is -0.466 e. The normalized spacial score (nSPS) is 16.8. The molecule has 0 amide bonds. The summed E-state index contributed by atoms with van der Waals surface area (Å²) in [5, 5.41) is 13.5. The van der Waals surface area contributed by atoms with E-state index in [0.717, 1.165) is 24.4 Å². The summed E-state index contributed by atoms with van der Waals surface area (Å²) in [7, 11) is 0. The van der Waals surface area contributed by atoms with Crippen molar-refractivity contribution in [3.05, 3.63) is 23.2 Å². The number of rotatable bonds is 6. The van der Waals surface area contributed by atoms with Crippen LogP contribution in [0.5, 0.6) is 0 Å². The summed E-state index contributed by atoms with van der Waals surface area (Å²) in [5.74, 6) is 1.89. The fourth-order valence-electron chi connectivity index (χ4n) is 2.19. The Morgan fingerprint density at radius 2 is 2.12 bits per heavy atom. The van der Waals surface area contributed by atoms with Crippen LogP contribution < -0.4 is 5.32 Å². The van der Waals surface area contributed by atoms with Crippen LogP contribution in [-0.2, 0) is 0 Å². The van der Waals surface area contributed by atoms with Crippen molar-refractivity contribution in [3.8, 4) is 0 Å². The van der Waals surface area contributed by atoms with E-state index in [-0.39, 0.29) is 6.04 Å². The molecule has 2 N–H and O–H groups in total. The van der Waals surface area contributed by atoms with Gasteiger partial charge in [0, 0.05) is 18.2 Å². The standard InChI is InChI=1S/C14H25NO2/c1-6-7-14(5,16)9-15-11(3)13-8-10(2)17-12(13)4/h8,11,15-16H,6-7,9H2,1-5H3. The predicted octanol–water partition coefficient (Wildman–Crippen LogP) is 3.10. The first-order valence-electron chi connectivity index (χ1n) is 6.38. The summed E-state index contributed by atoms with van der Waals surface area (Å²) in [6.45, 7) is 10.6. The van der Waals surface area contributed by atoms with E-state index in [9.17, 15) is 5.11 Å². The Labute approximate surface area is 104 Å². The van der Waals surface area contributed by atoms with Crippen molar-refractivity contribution in [3.63, 3.8) is 0 Å². The molecular formula is C14H25NO2. The fourth-order valence-corrected chi connectivity index (χ4v) is 2.19. The van der Waals surface area contributed by atoms with E-state index in [0.29, 0.717) is 6.54 Å². The summed E-state index contributed by atoms with van der Waals surface area (Å²) >= 11 is 0. The Morgan fingerprint density at radius 1 is 1.47 bits per heavy atom. The lowest BCUT2D eigenvalue weighted by atomic mass is 9.99. The van der Waals surface area contributed by atoms with E-state index in [1.54, 1.807) is 0 Å². The SMILES string of the molecule is CCCC(C)(O)CNC(C)c1cc(C)oc1C. The van der Waals surface area contributed by atoms with E-state index in [1.807, 2.05) is 20.8 Å². The lowest BCUT2D eigenvalue weighted by molar-refractivity contribution is 0.0476. The first-order valence-corrected chi connectivity index (χ1v) is 6.38. The maximum absolute atomic E-state index is 10.1. The van der Waals surface area contributed by atoms with Crippen molar-refractivity contribution in [2.75, 3.05) is 6.54 Å². The Kier molecular flexibility index (Phi) is 4.78. The molecule has 0 aliphatic carbocycles. The largest absolute Gasteiger partial charge is 0.466 e. The van der Waals surface area contributed by atoms with Gasteiger partial charge in [-0.05, 0) is 40.2 Å². The minimum absolute atomic E-state index is 0.204. The van der Waals surface area contributed by atoms with Crippen molar-refractivity contribution in [1.82, 2.24) is 5.32 Å². The average Bonchev–Trinajstić information content (AvgIpc) is 2.54. The lowest BCUT2D eigenvalue weighted by Gasteiger charge is -2.25. The summed E-state index contributed by atoms with van der Waals surface area (Å²) in [6, 6.07) is 2.26. The van der Waals surface area contributed by atoms with Gasteiger partial charge in [-0.3, -0.25) is 0 Å². The van der Waals surface area contributed by atoms with Gasteiger partial charge in [0.25, 0.3) is 0 Å². The number of hydrogen-bond donors (Lipinski definition) is 2. The van der Waals surface area contributed by atoms with Crippen LogP contribution in [-0.4, -0.2) is 17.3 Å². The van der Waals surface area contributed by atoms with Crippen LogP contribution >= 0.6 is 0 Å². The highest BCUT2D eigenvalue weighted by molar-refractivity contribution is 5.23. The number of aliphatic hydroxyl groups is 1. The van der Waals surface area contributed by atoms with Gasteiger partial charge in [-0.2, -0.15) is 0 Å². The van der Waals surface area contributed by atoms with Gasteiger partial charge in [0.2, 0.25) is 0 Å². The molecule has 1 aromatic rings. The van der Waals surface area contributed by atoms with Gasteiger partial charge in [-0.15, -0.1) is 0 Å². The molecule has 98 valence electrons. The third-order valence-corrected chi connectivity index (χ3v) is 3.12. The Morgan fingerprint density at radius 3 is 2.59 bits per heavy atom. The average molecular weight is 239 g/mol. The minimum atomic E-state index is -0.629. The molecule has 3 heteroatoms. The van der Waals surface area contributed by atoms with Crippen molar-refractivity contribution >= 4 is 0 Å². The zero-order valence-corrected chi connectivity index (χ0v) is 11.6. The molecule has 0 saturated heterocycles. The van der Waals surface area contributed by atoms with E-state index < -0.39 is 5.60 Å². The first-order chi connectivity index (χ1) is 7.85. The molecule has 1 aromatic heterocycles. The molecule has 0 radical (unpaired) electrons. The third kappa shape index (κ3) is 4.17. The lowest BCUT2D eigenvalue weighted by Crippen LogP contribution is -2.38. The first kappa shape index (κ1) is 14.3. The molecule has 0 spiro atoms. The molecule has 17 heavy (non-hydrogen) atoms. The van der Waals surface area contributed by atoms with Gasteiger partial charge in [0.1, 0.15) is 11.5 Å². The third-order valence-electron chi connectivity index (χ3n) is 3.12. The van der Waals surface area contributed by atoms with Crippen LogP contribution in [0.1, 0.15) is 56.7 Å². The van der Waals surface area contributed by atoms with Crippen LogP contribution in [0.4, 0.5) is 0 Å². The predicted molar refractivity (Wildman–Crippen MR) is 70.1 cm³/mol. The quantitative estimate of drug-likeness (QED) is 0.802. The molecule has 0 aliphatic rings. The molecule has 0 saturated carbocycles. The molecule has 1 heterocycles. The Bertz CT molecular complexity index is 355. The summed E-state index contributed by atoms with van der Waals surface area (Å²) < 4.78 is 5.51. The van der Waals surface area contributed by atoms with Crippen LogP contribution in [0, 0.1) is 13.8 Å². The molecule has 0 aromatic carbocycles. The van der Waals surface area contributed by atoms with Crippen LogP contribution in [0.25, 0.3) is 0 Å². The summed E-state index contributed by atoms with van der Waals surface area (Å²) in [4.78, 5) is 0. The van der Waals surface area contributed by atoms with E-state index in [4.69, 9.17) is 4.42 Å². The number of furan rings is 1. The van der Waals surface area contributed by atoms with Crippen LogP contribution in [0.2, 0.25) is 0 Å². The highest BCUT2D eigenvalue weighted by atomic mass is 16.3. The Balaban J connectivity index is 2.55. The van der Waals surface area contributed by atoms with E-state index in [1.165, 1.54) is 5.56 Å². The number of hydrogen-bond acceptors (Lipinski definition) is 3. The Hall–Kier alpha value is -0.800. The summed E-state index contributed by atoms with van der Waals surface area (Å²) in [6.07, 6.45) is 1.81. The maximum atomic E-state index is 10.1.